The Bertz CT molecular complexity index is 987. The number of benzene rings is 2. The molecule has 0 radical (unpaired) electrons. The highest BCUT2D eigenvalue weighted by molar-refractivity contribution is 5.84. The number of nitrogens with zero attached hydrogens (tertiary/aromatic N) is 1. The fourth-order valence-corrected chi connectivity index (χ4v) is 3.37. The van der Waals surface area contributed by atoms with Crippen molar-refractivity contribution in [2.75, 3.05) is 6.54 Å². The Hall–Kier alpha value is -3.27. The van der Waals surface area contributed by atoms with E-state index in [1.807, 2.05) is 77.8 Å². The second kappa shape index (κ2) is 7.31. The summed E-state index contributed by atoms with van der Waals surface area (Å²) in [5.41, 5.74) is 3.33. The van der Waals surface area contributed by atoms with Crippen LogP contribution >= 0.6 is 0 Å². The SMILES string of the molecule is O=C(NCCc1c[nH]c2ccccc12)C(c1ccccc1)n1cccc1. The van der Waals surface area contributed by atoms with Crippen molar-refractivity contribution in [2.24, 2.45) is 0 Å². The number of nitrogens with one attached hydrogen (secondary N) is 2. The van der Waals surface area contributed by atoms with Crippen molar-refractivity contribution in [3.63, 3.8) is 0 Å². The number of aromatic nitrogens is 2. The number of H-pyrrole nitrogens is 1. The minimum atomic E-state index is -0.353. The Balaban J connectivity index is 1.47. The van der Waals surface area contributed by atoms with Gasteiger partial charge in [0.05, 0.1) is 0 Å². The lowest BCUT2D eigenvalue weighted by molar-refractivity contribution is -0.123. The molecule has 0 saturated carbocycles. The molecule has 2 N–H and O–H groups in total. The summed E-state index contributed by atoms with van der Waals surface area (Å²) >= 11 is 0. The monoisotopic (exact) mass is 343 g/mol. The molecule has 2 heterocycles. The van der Waals surface area contributed by atoms with Crippen molar-refractivity contribution in [1.82, 2.24) is 14.9 Å². The van der Waals surface area contributed by atoms with Gasteiger partial charge in [0.1, 0.15) is 6.04 Å². The molecular formula is C22H21N3O. The Morgan fingerprint density at radius 3 is 2.50 bits per heavy atom. The minimum Gasteiger partial charge on any atom is -0.361 e. The van der Waals surface area contributed by atoms with Crippen LogP contribution in [0.1, 0.15) is 17.2 Å². The zero-order valence-electron chi connectivity index (χ0n) is 14.4. The predicted molar refractivity (Wildman–Crippen MR) is 104 cm³/mol. The maximum Gasteiger partial charge on any atom is 0.247 e. The van der Waals surface area contributed by atoms with Gasteiger partial charge < -0.3 is 14.9 Å². The lowest BCUT2D eigenvalue weighted by Crippen LogP contribution is -2.34. The Kier molecular flexibility index (Phi) is 4.56. The number of carbonyl (C=O) groups excluding carboxylic acids is 1. The molecule has 0 saturated heterocycles. The zero-order chi connectivity index (χ0) is 17.8. The van der Waals surface area contributed by atoms with E-state index in [1.165, 1.54) is 10.9 Å². The molecule has 2 aromatic carbocycles. The van der Waals surface area contributed by atoms with Gasteiger partial charge in [-0.1, -0.05) is 48.5 Å². The van der Waals surface area contributed by atoms with E-state index < -0.39 is 0 Å². The molecule has 2 aromatic heterocycles. The van der Waals surface area contributed by atoms with E-state index >= 15 is 0 Å². The molecule has 0 aliphatic rings. The predicted octanol–water partition coefficient (Wildman–Crippen LogP) is 3.92. The highest BCUT2D eigenvalue weighted by Gasteiger charge is 2.21. The number of hydrogen-bond acceptors (Lipinski definition) is 1. The third-order valence-electron chi connectivity index (χ3n) is 4.66. The van der Waals surface area contributed by atoms with E-state index in [4.69, 9.17) is 0 Å². The standard InChI is InChI=1S/C22H21N3O/c26-22(21(25-14-6-7-15-25)17-8-2-1-3-9-17)23-13-12-18-16-24-20-11-5-4-10-19(18)20/h1-11,14-16,21,24H,12-13H2,(H,23,26). The van der Waals surface area contributed by atoms with Crippen molar-refractivity contribution in [3.05, 3.63) is 96.4 Å². The molecule has 0 spiro atoms. The van der Waals surface area contributed by atoms with Gasteiger partial charge in [0.15, 0.2) is 0 Å². The maximum absolute atomic E-state index is 12.9. The van der Waals surface area contributed by atoms with Crippen LogP contribution in [-0.4, -0.2) is 22.0 Å². The van der Waals surface area contributed by atoms with Crippen molar-refractivity contribution in [3.8, 4) is 0 Å². The van der Waals surface area contributed by atoms with Crippen molar-refractivity contribution in [2.45, 2.75) is 12.5 Å². The van der Waals surface area contributed by atoms with Crippen molar-refractivity contribution < 1.29 is 4.79 Å². The van der Waals surface area contributed by atoms with E-state index in [0.717, 1.165) is 17.5 Å². The molecule has 4 nitrogen and oxygen atoms in total. The normalized spacial score (nSPS) is 12.2. The van der Waals surface area contributed by atoms with Crippen LogP contribution in [0.15, 0.2) is 85.3 Å². The van der Waals surface area contributed by atoms with E-state index in [2.05, 4.69) is 22.4 Å². The summed E-state index contributed by atoms with van der Waals surface area (Å²) in [5, 5.41) is 4.31. The number of aromatic amines is 1. The maximum atomic E-state index is 12.9. The molecule has 1 atom stereocenters. The number of carbonyl (C=O) groups is 1. The van der Waals surface area contributed by atoms with Crippen LogP contribution in [0.3, 0.4) is 0 Å². The molecule has 0 aliphatic heterocycles. The molecule has 26 heavy (non-hydrogen) atoms. The van der Waals surface area contributed by atoms with E-state index in [0.29, 0.717) is 6.54 Å². The van der Waals surface area contributed by atoms with Gasteiger partial charge in [0.25, 0.3) is 0 Å². The van der Waals surface area contributed by atoms with Crippen molar-refractivity contribution >= 4 is 16.8 Å². The Labute approximate surface area is 152 Å². The van der Waals surface area contributed by atoms with Gasteiger partial charge in [-0.15, -0.1) is 0 Å². The molecular weight excluding hydrogens is 322 g/mol. The van der Waals surface area contributed by atoms with E-state index in [-0.39, 0.29) is 11.9 Å². The van der Waals surface area contributed by atoms with Gasteiger partial charge in [0, 0.05) is 36.0 Å². The second-order valence-electron chi connectivity index (χ2n) is 6.34. The summed E-state index contributed by atoms with van der Waals surface area (Å²) in [4.78, 5) is 16.2. The molecule has 4 aromatic rings. The fourth-order valence-electron chi connectivity index (χ4n) is 3.37. The van der Waals surface area contributed by atoms with E-state index in [1.54, 1.807) is 0 Å². The quantitative estimate of drug-likeness (QED) is 0.548. The van der Waals surface area contributed by atoms with Gasteiger partial charge in [0.2, 0.25) is 5.91 Å². The molecule has 0 fully saturated rings. The first-order chi connectivity index (χ1) is 12.8. The molecule has 0 aliphatic carbocycles. The van der Waals surface area contributed by atoms with Crippen LogP contribution in [0.5, 0.6) is 0 Å². The minimum absolute atomic E-state index is 0.00670. The van der Waals surface area contributed by atoms with Crippen molar-refractivity contribution in [1.29, 1.82) is 0 Å². The number of rotatable bonds is 6. The average molecular weight is 343 g/mol. The highest BCUT2D eigenvalue weighted by Crippen LogP contribution is 2.20. The van der Waals surface area contributed by atoms with Crippen LogP contribution < -0.4 is 5.32 Å². The second-order valence-corrected chi connectivity index (χ2v) is 6.34. The van der Waals surface area contributed by atoms with Crippen LogP contribution in [-0.2, 0) is 11.2 Å². The largest absolute Gasteiger partial charge is 0.361 e. The third kappa shape index (κ3) is 3.26. The third-order valence-corrected chi connectivity index (χ3v) is 4.66. The summed E-state index contributed by atoms with van der Waals surface area (Å²) in [6.45, 7) is 0.602. The van der Waals surface area contributed by atoms with Crippen LogP contribution in [0.2, 0.25) is 0 Å². The highest BCUT2D eigenvalue weighted by atomic mass is 16.2. The number of para-hydroxylation sites is 1. The van der Waals surface area contributed by atoms with Crippen LogP contribution in [0, 0.1) is 0 Å². The lowest BCUT2D eigenvalue weighted by Gasteiger charge is -2.19. The fraction of sp³-hybridized carbons (Fsp3) is 0.136. The summed E-state index contributed by atoms with van der Waals surface area (Å²) < 4.78 is 1.94. The molecule has 1 unspecified atom stereocenters. The number of hydrogen-bond donors (Lipinski definition) is 2. The molecule has 0 bridgehead atoms. The molecule has 4 rings (SSSR count). The zero-order valence-corrected chi connectivity index (χ0v) is 14.4. The van der Waals surface area contributed by atoms with E-state index in [9.17, 15) is 4.79 Å². The summed E-state index contributed by atoms with van der Waals surface area (Å²) in [6.07, 6.45) is 6.67. The first-order valence-electron chi connectivity index (χ1n) is 8.83. The first kappa shape index (κ1) is 16.2. The molecule has 4 heteroatoms. The van der Waals surface area contributed by atoms with Crippen LogP contribution in [0.4, 0.5) is 0 Å². The van der Waals surface area contributed by atoms with Gasteiger partial charge in [-0.25, -0.2) is 0 Å². The average Bonchev–Trinajstić information content (AvgIpc) is 3.34. The molecule has 1 amide bonds. The topological polar surface area (TPSA) is 49.8 Å². The van der Waals surface area contributed by atoms with Gasteiger partial charge in [-0.3, -0.25) is 4.79 Å². The molecule has 130 valence electrons. The summed E-state index contributed by atoms with van der Waals surface area (Å²) in [7, 11) is 0. The summed E-state index contributed by atoms with van der Waals surface area (Å²) in [6, 6.07) is 21.6. The summed E-state index contributed by atoms with van der Waals surface area (Å²) in [5.74, 6) is 0.00670. The number of fused-ring (bicyclic) bond motifs is 1. The Morgan fingerprint density at radius 2 is 1.69 bits per heavy atom. The number of amides is 1. The van der Waals surface area contributed by atoms with Gasteiger partial charge in [-0.2, -0.15) is 0 Å². The van der Waals surface area contributed by atoms with Gasteiger partial charge in [-0.05, 0) is 35.7 Å². The Morgan fingerprint density at radius 1 is 0.962 bits per heavy atom. The lowest BCUT2D eigenvalue weighted by atomic mass is 10.1. The van der Waals surface area contributed by atoms with Gasteiger partial charge >= 0.3 is 0 Å². The smallest absolute Gasteiger partial charge is 0.247 e. The first-order valence-corrected chi connectivity index (χ1v) is 8.83. The van der Waals surface area contributed by atoms with Crippen LogP contribution in [0.25, 0.3) is 10.9 Å².